The number of sulfone groups is 1. The summed E-state index contributed by atoms with van der Waals surface area (Å²) in [6.07, 6.45) is 1.39. The summed E-state index contributed by atoms with van der Waals surface area (Å²) >= 11 is 5.98. The number of halogens is 1. The summed E-state index contributed by atoms with van der Waals surface area (Å²) in [7, 11) is -1.14. The molecule has 1 aliphatic rings. The van der Waals surface area contributed by atoms with Crippen molar-refractivity contribution in [3.05, 3.63) is 34.9 Å². The van der Waals surface area contributed by atoms with Crippen LogP contribution in [0.25, 0.3) is 0 Å². The van der Waals surface area contributed by atoms with Crippen molar-refractivity contribution in [2.45, 2.75) is 45.7 Å². The Balaban J connectivity index is 2.02. The second kappa shape index (κ2) is 8.28. The highest BCUT2D eigenvalue weighted by Gasteiger charge is 2.31. The first-order valence-electron chi connectivity index (χ1n) is 8.91. The first-order chi connectivity index (χ1) is 12.0. The fraction of sp³-hybridized carbons (Fsp3) is 0.632. The molecule has 0 unspecified atom stereocenters. The Morgan fingerprint density at radius 2 is 1.92 bits per heavy atom. The molecule has 1 heterocycles. The van der Waals surface area contributed by atoms with Gasteiger partial charge in [0.1, 0.15) is 0 Å². The van der Waals surface area contributed by atoms with Crippen LogP contribution in [0, 0.1) is 5.41 Å². The molecular weight excluding hydrogens is 372 g/mol. The lowest BCUT2D eigenvalue weighted by atomic mass is 9.85. The van der Waals surface area contributed by atoms with E-state index in [1.165, 1.54) is 0 Å². The second-order valence-corrected chi connectivity index (χ2v) is 11.1. The lowest BCUT2D eigenvalue weighted by Gasteiger charge is -2.29. The van der Waals surface area contributed by atoms with Crippen LogP contribution >= 0.6 is 11.6 Å². The zero-order valence-corrected chi connectivity index (χ0v) is 17.5. The van der Waals surface area contributed by atoms with Crippen LogP contribution in [0.4, 0.5) is 0 Å². The molecule has 0 spiro atoms. The fourth-order valence-corrected chi connectivity index (χ4v) is 5.21. The average Bonchev–Trinajstić information content (AvgIpc) is 2.86. The normalized spacial score (nSPS) is 20.9. The van der Waals surface area contributed by atoms with Crippen molar-refractivity contribution < 1.29 is 13.2 Å². The van der Waals surface area contributed by atoms with Crippen LogP contribution < -0.4 is 5.32 Å². The van der Waals surface area contributed by atoms with E-state index in [-0.39, 0.29) is 41.5 Å². The maximum atomic E-state index is 12.6. The van der Waals surface area contributed by atoms with Crippen LogP contribution in [0.3, 0.4) is 0 Å². The molecule has 1 aromatic carbocycles. The second-order valence-electron chi connectivity index (χ2n) is 8.41. The molecule has 2 rings (SSSR count). The number of hydrogen-bond donors (Lipinski definition) is 1. The molecule has 1 fully saturated rings. The van der Waals surface area contributed by atoms with Crippen molar-refractivity contribution in [2.75, 3.05) is 25.1 Å². The zero-order valence-electron chi connectivity index (χ0n) is 16.0. The minimum absolute atomic E-state index is 0.0447. The molecule has 146 valence electrons. The third kappa shape index (κ3) is 6.56. The highest BCUT2D eigenvalue weighted by atomic mass is 35.5. The molecule has 26 heavy (non-hydrogen) atoms. The largest absolute Gasteiger partial charge is 0.348 e. The summed E-state index contributed by atoms with van der Waals surface area (Å²) < 4.78 is 23.3. The molecule has 7 heteroatoms. The average molecular weight is 401 g/mol. The van der Waals surface area contributed by atoms with Gasteiger partial charge in [0, 0.05) is 11.1 Å². The van der Waals surface area contributed by atoms with Crippen LogP contribution in [0.5, 0.6) is 0 Å². The molecule has 1 amide bonds. The number of carbonyl (C=O) groups excluding carboxylic acids is 1. The number of hydrogen-bond acceptors (Lipinski definition) is 4. The van der Waals surface area contributed by atoms with Gasteiger partial charge in [-0.1, -0.05) is 44.5 Å². The van der Waals surface area contributed by atoms with E-state index in [0.29, 0.717) is 11.4 Å². The maximum Gasteiger partial charge on any atom is 0.234 e. The van der Waals surface area contributed by atoms with E-state index >= 15 is 0 Å². The van der Waals surface area contributed by atoms with E-state index < -0.39 is 9.84 Å². The third-order valence-electron chi connectivity index (χ3n) is 4.65. The number of amides is 1. The number of nitrogens with zero attached hydrogens (tertiary/aromatic N) is 1. The molecular formula is C19H29ClN2O3S. The SMILES string of the molecule is CN(CC(=O)N[C@H](CC(C)(C)C)c1ccc(Cl)cc1)[C@H]1CCS(=O)(=O)C1. The van der Waals surface area contributed by atoms with Gasteiger partial charge in [-0.2, -0.15) is 0 Å². The summed E-state index contributed by atoms with van der Waals surface area (Å²) in [5.74, 6) is 0.251. The van der Waals surface area contributed by atoms with E-state index in [1.54, 1.807) is 0 Å². The molecule has 0 bridgehead atoms. The molecule has 5 nitrogen and oxygen atoms in total. The number of rotatable bonds is 6. The molecule has 1 aromatic rings. The minimum atomic E-state index is -2.96. The quantitative estimate of drug-likeness (QED) is 0.796. The molecule has 0 radical (unpaired) electrons. The number of nitrogens with one attached hydrogen (secondary N) is 1. The van der Waals surface area contributed by atoms with Crippen LogP contribution in [-0.2, 0) is 14.6 Å². The van der Waals surface area contributed by atoms with Gasteiger partial charge < -0.3 is 5.32 Å². The fourth-order valence-electron chi connectivity index (χ4n) is 3.28. The molecule has 1 saturated heterocycles. The topological polar surface area (TPSA) is 66.5 Å². The van der Waals surface area contributed by atoms with E-state index in [0.717, 1.165) is 12.0 Å². The Morgan fingerprint density at radius 3 is 2.42 bits per heavy atom. The highest BCUT2D eigenvalue weighted by molar-refractivity contribution is 7.91. The summed E-state index contributed by atoms with van der Waals surface area (Å²) in [5.41, 5.74) is 1.06. The third-order valence-corrected chi connectivity index (χ3v) is 6.65. The number of likely N-dealkylation sites (N-methyl/N-ethyl adjacent to an activating group) is 1. The Bertz CT molecular complexity index is 726. The minimum Gasteiger partial charge on any atom is -0.348 e. The smallest absolute Gasteiger partial charge is 0.234 e. The zero-order chi connectivity index (χ0) is 19.5. The number of benzene rings is 1. The van der Waals surface area contributed by atoms with Crippen molar-refractivity contribution in [1.29, 1.82) is 0 Å². The monoisotopic (exact) mass is 400 g/mol. The van der Waals surface area contributed by atoms with Crippen molar-refractivity contribution in [1.82, 2.24) is 10.2 Å². The van der Waals surface area contributed by atoms with Gasteiger partial charge in [0.15, 0.2) is 9.84 Å². The maximum absolute atomic E-state index is 12.6. The predicted octanol–water partition coefficient (Wildman–Crippen LogP) is 3.05. The van der Waals surface area contributed by atoms with Crippen LogP contribution in [0.2, 0.25) is 5.02 Å². The van der Waals surface area contributed by atoms with E-state index in [1.807, 2.05) is 36.2 Å². The summed E-state index contributed by atoms with van der Waals surface area (Å²) in [6.45, 7) is 6.60. The predicted molar refractivity (Wildman–Crippen MR) is 106 cm³/mol. The lowest BCUT2D eigenvalue weighted by molar-refractivity contribution is -0.123. The van der Waals surface area contributed by atoms with Gasteiger partial charge in [-0.05, 0) is 43.0 Å². The summed E-state index contributed by atoms with van der Waals surface area (Å²) in [4.78, 5) is 14.4. The van der Waals surface area contributed by atoms with E-state index in [9.17, 15) is 13.2 Å². The highest BCUT2D eigenvalue weighted by Crippen LogP contribution is 2.30. The van der Waals surface area contributed by atoms with Crippen molar-refractivity contribution in [2.24, 2.45) is 5.41 Å². The van der Waals surface area contributed by atoms with Gasteiger partial charge in [-0.3, -0.25) is 9.69 Å². The van der Waals surface area contributed by atoms with Gasteiger partial charge in [-0.25, -0.2) is 8.42 Å². The lowest BCUT2D eigenvalue weighted by Crippen LogP contribution is -2.42. The molecule has 2 atom stereocenters. The van der Waals surface area contributed by atoms with Crippen LogP contribution in [-0.4, -0.2) is 50.4 Å². The van der Waals surface area contributed by atoms with Crippen molar-refractivity contribution in [3.8, 4) is 0 Å². The molecule has 0 aromatic heterocycles. The molecule has 0 saturated carbocycles. The van der Waals surface area contributed by atoms with Crippen LogP contribution in [0.1, 0.15) is 45.2 Å². The number of carbonyl (C=O) groups is 1. The Hall–Kier alpha value is -1.11. The van der Waals surface area contributed by atoms with Gasteiger partial charge in [-0.15, -0.1) is 0 Å². The Labute approximate surface area is 162 Å². The van der Waals surface area contributed by atoms with E-state index in [2.05, 4.69) is 26.1 Å². The first-order valence-corrected chi connectivity index (χ1v) is 11.1. The van der Waals surface area contributed by atoms with Gasteiger partial charge >= 0.3 is 0 Å². The first kappa shape index (κ1) is 21.2. The van der Waals surface area contributed by atoms with Crippen molar-refractivity contribution >= 4 is 27.3 Å². The summed E-state index contributed by atoms with van der Waals surface area (Å²) in [5, 5.41) is 3.77. The van der Waals surface area contributed by atoms with Gasteiger partial charge in [0.05, 0.1) is 24.1 Å². The van der Waals surface area contributed by atoms with E-state index in [4.69, 9.17) is 11.6 Å². The standard InChI is InChI=1S/C19H29ClN2O3S/c1-19(2,3)11-17(14-5-7-15(20)8-6-14)21-18(23)12-22(4)16-9-10-26(24,25)13-16/h5-8,16-17H,9-13H2,1-4H3,(H,21,23)/t16-,17+/m0/s1. The Kier molecular flexibility index (Phi) is 6.75. The van der Waals surface area contributed by atoms with Gasteiger partial charge in [0.25, 0.3) is 0 Å². The summed E-state index contributed by atoms with van der Waals surface area (Å²) in [6, 6.07) is 7.34. The van der Waals surface area contributed by atoms with Crippen LogP contribution in [0.15, 0.2) is 24.3 Å². The Morgan fingerprint density at radius 1 is 1.31 bits per heavy atom. The van der Waals surface area contributed by atoms with Gasteiger partial charge in [0.2, 0.25) is 5.91 Å². The molecule has 1 aliphatic heterocycles. The molecule has 1 N–H and O–H groups in total. The molecule has 0 aliphatic carbocycles. The van der Waals surface area contributed by atoms with Crippen molar-refractivity contribution in [3.63, 3.8) is 0 Å².